The van der Waals surface area contributed by atoms with Crippen molar-refractivity contribution in [3.05, 3.63) is 41.6 Å². The van der Waals surface area contributed by atoms with E-state index in [0.717, 1.165) is 5.56 Å². The van der Waals surface area contributed by atoms with E-state index < -0.39 is 3.79 Å². The maximum atomic E-state index is 9.13. The van der Waals surface area contributed by atoms with Crippen LogP contribution in [0.4, 0.5) is 0 Å². The van der Waals surface area contributed by atoms with Crippen LogP contribution in [0.25, 0.3) is 12.2 Å². The third-order valence-corrected chi connectivity index (χ3v) is 2.48. The number of phenols is 1. The fourth-order valence-electron chi connectivity index (χ4n) is 1.17. The summed E-state index contributed by atoms with van der Waals surface area (Å²) in [5, 5.41) is 16.4. The molecule has 0 amide bonds. The molecule has 7 heteroatoms. The minimum atomic E-state index is -1.72. The van der Waals surface area contributed by atoms with Crippen molar-refractivity contribution in [2.75, 3.05) is 0 Å². The molecule has 94 valence electrons. The van der Waals surface area contributed by atoms with Crippen molar-refractivity contribution < 1.29 is 9.52 Å². The topological polar surface area (TPSA) is 59.2 Å². The largest absolute Gasteiger partial charge is 0.508 e. The highest BCUT2D eigenvalue weighted by Crippen LogP contribution is 2.37. The van der Waals surface area contributed by atoms with E-state index in [2.05, 4.69) is 10.2 Å². The van der Waals surface area contributed by atoms with Crippen LogP contribution in [0.2, 0.25) is 0 Å². The van der Waals surface area contributed by atoms with E-state index in [0.29, 0.717) is 0 Å². The monoisotopic (exact) mass is 304 g/mol. The fraction of sp³-hybridized carbons (Fsp3) is 0.0909. The van der Waals surface area contributed by atoms with Crippen LogP contribution >= 0.6 is 34.8 Å². The van der Waals surface area contributed by atoms with Gasteiger partial charge >= 0.3 is 0 Å². The van der Waals surface area contributed by atoms with E-state index in [4.69, 9.17) is 44.3 Å². The minimum absolute atomic E-state index is 0.0853. The molecule has 1 N–H and O–H groups in total. The molecule has 0 saturated heterocycles. The normalized spacial score (nSPS) is 12.2. The SMILES string of the molecule is Oc1ccc(C=Cc2nnc(C(Cl)(Cl)Cl)o2)cc1. The molecule has 0 aliphatic heterocycles. The van der Waals surface area contributed by atoms with Crippen LogP contribution in [-0.2, 0) is 3.79 Å². The highest BCUT2D eigenvalue weighted by Gasteiger charge is 2.29. The Morgan fingerprint density at radius 2 is 1.72 bits per heavy atom. The molecule has 0 saturated carbocycles. The number of halogens is 3. The number of phenolic OH excluding ortho intramolecular Hbond substituents is 1. The van der Waals surface area contributed by atoms with Gasteiger partial charge in [0.2, 0.25) is 5.89 Å². The molecule has 1 aromatic carbocycles. The quantitative estimate of drug-likeness (QED) is 0.858. The van der Waals surface area contributed by atoms with Crippen molar-refractivity contribution in [1.29, 1.82) is 0 Å². The second-order valence-corrected chi connectivity index (χ2v) is 5.65. The number of alkyl halides is 3. The molecule has 0 aliphatic rings. The van der Waals surface area contributed by atoms with Crippen molar-refractivity contribution in [3.8, 4) is 5.75 Å². The zero-order chi connectivity index (χ0) is 13.2. The van der Waals surface area contributed by atoms with E-state index in [1.807, 2.05) is 0 Å². The number of hydrogen-bond acceptors (Lipinski definition) is 4. The predicted octanol–water partition coefficient (Wildman–Crippen LogP) is 3.77. The van der Waals surface area contributed by atoms with Crippen LogP contribution in [0.3, 0.4) is 0 Å². The maximum absolute atomic E-state index is 9.13. The van der Waals surface area contributed by atoms with E-state index >= 15 is 0 Å². The van der Waals surface area contributed by atoms with Crippen LogP contribution in [0.1, 0.15) is 17.3 Å². The molecule has 18 heavy (non-hydrogen) atoms. The molecule has 0 bridgehead atoms. The van der Waals surface area contributed by atoms with Crippen LogP contribution in [-0.4, -0.2) is 15.3 Å². The zero-order valence-corrected chi connectivity index (χ0v) is 11.1. The number of aromatic nitrogens is 2. The average molecular weight is 306 g/mol. The first kappa shape index (κ1) is 13.2. The Morgan fingerprint density at radius 1 is 1.06 bits per heavy atom. The van der Waals surface area contributed by atoms with Gasteiger partial charge in [-0.1, -0.05) is 46.9 Å². The molecule has 1 aromatic heterocycles. The Morgan fingerprint density at radius 3 is 2.28 bits per heavy atom. The molecule has 0 unspecified atom stereocenters. The summed E-state index contributed by atoms with van der Waals surface area (Å²) in [6.45, 7) is 0. The maximum Gasteiger partial charge on any atom is 0.268 e. The van der Waals surface area contributed by atoms with Crippen molar-refractivity contribution >= 4 is 47.0 Å². The molecule has 2 rings (SSSR count). The highest BCUT2D eigenvalue weighted by molar-refractivity contribution is 6.66. The second-order valence-electron chi connectivity index (χ2n) is 3.37. The Balaban J connectivity index is 2.14. The molecule has 0 fully saturated rings. The highest BCUT2D eigenvalue weighted by atomic mass is 35.6. The summed E-state index contributed by atoms with van der Waals surface area (Å²) in [6, 6.07) is 6.61. The van der Waals surface area contributed by atoms with Crippen molar-refractivity contribution in [2.45, 2.75) is 3.79 Å². The summed E-state index contributed by atoms with van der Waals surface area (Å²) in [4.78, 5) is 0. The van der Waals surface area contributed by atoms with Crippen LogP contribution in [0.5, 0.6) is 5.75 Å². The van der Waals surface area contributed by atoms with Gasteiger partial charge in [-0.05, 0) is 23.8 Å². The van der Waals surface area contributed by atoms with E-state index in [-0.39, 0.29) is 17.5 Å². The standard InChI is InChI=1S/C11H7Cl3N2O2/c12-11(13,14)10-16-15-9(18-10)6-3-7-1-4-8(17)5-2-7/h1-6,17H. The van der Waals surface area contributed by atoms with Gasteiger partial charge in [0.25, 0.3) is 9.68 Å². The first-order valence-corrected chi connectivity index (χ1v) is 5.96. The van der Waals surface area contributed by atoms with Gasteiger partial charge < -0.3 is 9.52 Å². The number of rotatable bonds is 2. The Hall–Kier alpha value is -1.23. The first-order valence-electron chi connectivity index (χ1n) is 4.83. The summed E-state index contributed by atoms with van der Waals surface area (Å²) in [6.07, 6.45) is 3.31. The van der Waals surface area contributed by atoms with E-state index in [1.165, 1.54) is 0 Å². The summed E-state index contributed by atoms with van der Waals surface area (Å²) < 4.78 is 3.41. The van der Waals surface area contributed by atoms with Gasteiger partial charge in [-0.3, -0.25) is 0 Å². The molecular weight excluding hydrogens is 298 g/mol. The van der Waals surface area contributed by atoms with Crippen LogP contribution in [0.15, 0.2) is 28.7 Å². The fourth-order valence-corrected chi connectivity index (χ4v) is 1.40. The number of benzene rings is 1. The number of aromatic hydroxyl groups is 1. The molecule has 0 spiro atoms. The van der Waals surface area contributed by atoms with Gasteiger partial charge in [0.1, 0.15) is 5.75 Å². The summed E-state index contributed by atoms with van der Waals surface area (Å²) in [7, 11) is 0. The minimum Gasteiger partial charge on any atom is -0.508 e. The van der Waals surface area contributed by atoms with E-state index in [9.17, 15) is 0 Å². The van der Waals surface area contributed by atoms with Crippen LogP contribution in [0, 0.1) is 0 Å². The second kappa shape index (κ2) is 5.18. The van der Waals surface area contributed by atoms with Gasteiger partial charge in [-0.25, -0.2) is 0 Å². The van der Waals surface area contributed by atoms with Gasteiger partial charge in [0.15, 0.2) is 0 Å². The average Bonchev–Trinajstić information content (AvgIpc) is 2.77. The summed E-state index contributed by atoms with van der Waals surface area (Å²) in [5.74, 6) is 0.339. The lowest BCUT2D eigenvalue weighted by Gasteiger charge is -2.01. The molecule has 2 aromatic rings. The molecule has 1 heterocycles. The van der Waals surface area contributed by atoms with Gasteiger partial charge in [-0.2, -0.15) is 0 Å². The zero-order valence-electron chi connectivity index (χ0n) is 8.85. The summed E-state index contributed by atoms with van der Waals surface area (Å²) >= 11 is 16.8. The Bertz CT molecular complexity index is 558. The van der Waals surface area contributed by atoms with Crippen LogP contribution < -0.4 is 0 Å². The van der Waals surface area contributed by atoms with E-state index in [1.54, 1.807) is 36.4 Å². The molecule has 0 atom stereocenters. The van der Waals surface area contributed by atoms with Crippen molar-refractivity contribution in [1.82, 2.24) is 10.2 Å². The lowest BCUT2D eigenvalue weighted by atomic mass is 10.2. The summed E-state index contributed by atoms with van der Waals surface area (Å²) in [5.41, 5.74) is 0.862. The van der Waals surface area contributed by atoms with Gasteiger partial charge in [0, 0.05) is 6.08 Å². The third kappa shape index (κ3) is 3.38. The molecule has 4 nitrogen and oxygen atoms in total. The van der Waals surface area contributed by atoms with Gasteiger partial charge in [0.05, 0.1) is 0 Å². The molecular formula is C11H7Cl3N2O2. The number of hydrogen-bond donors (Lipinski definition) is 1. The smallest absolute Gasteiger partial charge is 0.268 e. The Labute approximate surface area is 118 Å². The number of nitrogens with zero attached hydrogens (tertiary/aromatic N) is 2. The first-order chi connectivity index (χ1) is 8.45. The Kier molecular flexibility index (Phi) is 3.80. The molecule has 0 radical (unpaired) electrons. The van der Waals surface area contributed by atoms with Crippen molar-refractivity contribution in [3.63, 3.8) is 0 Å². The van der Waals surface area contributed by atoms with Crippen molar-refractivity contribution in [2.24, 2.45) is 0 Å². The van der Waals surface area contributed by atoms with Gasteiger partial charge in [-0.15, -0.1) is 10.2 Å². The lowest BCUT2D eigenvalue weighted by molar-refractivity contribution is 0.475. The third-order valence-electron chi connectivity index (χ3n) is 1.99. The lowest BCUT2D eigenvalue weighted by Crippen LogP contribution is -1.99. The molecule has 0 aliphatic carbocycles. The predicted molar refractivity (Wildman–Crippen MR) is 70.6 cm³/mol.